The van der Waals surface area contributed by atoms with Crippen LogP contribution in [0.25, 0.3) is 10.9 Å². The van der Waals surface area contributed by atoms with Crippen LogP contribution in [-0.2, 0) is 0 Å². The zero-order chi connectivity index (χ0) is 12.5. The number of hydrogen-bond donors (Lipinski definition) is 0. The first-order chi connectivity index (χ1) is 8.74. The molecule has 1 aromatic heterocycles. The van der Waals surface area contributed by atoms with E-state index < -0.39 is 0 Å². The van der Waals surface area contributed by atoms with Gasteiger partial charge in [-0.05, 0) is 19.2 Å². The Kier molecular flexibility index (Phi) is 2.96. The fourth-order valence-corrected chi connectivity index (χ4v) is 2.57. The largest absolute Gasteiger partial charge is 0.368 e. The third kappa shape index (κ3) is 2.08. The summed E-state index contributed by atoms with van der Waals surface area (Å²) in [7, 11) is 4.33. The fraction of sp³-hybridized carbons (Fsp3) is 0.357. The van der Waals surface area contributed by atoms with Crippen LogP contribution in [0.3, 0.4) is 0 Å². The number of anilines is 1. The molecule has 4 heteroatoms. The third-order valence-corrected chi connectivity index (χ3v) is 3.72. The smallest absolute Gasteiger partial charge is 0.139 e. The minimum Gasteiger partial charge on any atom is -0.368 e. The summed E-state index contributed by atoms with van der Waals surface area (Å²) < 4.78 is 0. The lowest BCUT2D eigenvalue weighted by atomic mass is 9.94. The van der Waals surface area contributed by atoms with Gasteiger partial charge in [0.15, 0.2) is 0 Å². The molecule has 0 saturated carbocycles. The highest BCUT2D eigenvalue weighted by Crippen LogP contribution is 2.25. The molecule has 0 amide bonds. The zero-order valence-corrected chi connectivity index (χ0v) is 11.1. The number of rotatable bonds is 1. The number of pyridine rings is 1. The van der Waals surface area contributed by atoms with Crippen molar-refractivity contribution in [1.82, 2.24) is 9.88 Å². The molecule has 0 bridgehead atoms. The van der Waals surface area contributed by atoms with E-state index in [-0.39, 0.29) is 0 Å². The number of nitrogens with zero attached hydrogens (tertiary/aromatic N) is 3. The molecule has 0 spiro atoms. The molecule has 0 N–H and O–H groups in total. The maximum absolute atomic E-state index is 4.46. The third-order valence-electron chi connectivity index (χ3n) is 3.72. The zero-order valence-electron chi connectivity index (χ0n) is 11.1. The summed E-state index contributed by atoms with van der Waals surface area (Å²) in [5, 5.41) is 1.28. The first kappa shape index (κ1) is 11.5. The van der Waals surface area contributed by atoms with Crippen LogP contribution in [-0.4, -0.2) is 51.0 Å². The molecule has 0 unspecified atom stereocenters. The van der Waals surface area contributed by atoms with Crippen molar-refractivity contribution in [3.05, 3.63) is 30.5 Å². The molecule has 2 heterocycles. The van der Waals surface area contributed by atoms with Gasteiger partial charge in [0, 0.05) is 43.4 Å². The van der Waals surface area contributed by atoms with Gasteiger partial charge in [-0.1, -0.05) is 17.6 Å². The maximum Gasteiger partial charge on any atom is 0.139 e. The molecule has 1 aliphatic rings. The lowest BCUT2D eigenvalue weighted by molar-refractivity contribution is 0.313. The average Bonchev–Trinajstić information content (AvgIpc) is 2.39. The van der Waals surface area contributed by atoms with Crippen LogP contribution in [0.5, 0.6) is 0 Å². The highest BCUT2D eigenvalue weighted by molar-refractivity contribution is 6.33. The number of likely N-dealkylation sites (N-methyl/N-ethyl adjacent to an activating group) is 1. The number of aromatic nitrogens is 1. The molecule has 1 saturated heterocycles. The number of fused-ring (bicyclic) bond motifs is 1. The van der Waals surface area contributed by atoms with Gasteiger partial charge in [-0.2, -0.15) is 0 Å². The van der Waals surface area contributed by atoms with E-state index in [1.165, 1.54) is 16.5 Å². The summed E-state index contributed by atoms with van der Waals surface area (Å²) in [5.74, 6) is 0. The molecular formula is C14H18BN3. The average molecular weight is 239 g/mol. The Morgan fingerprint density at radius 3 is 2.67 bits per heavy atom. The van der Waals surface area contributed by atoms with Crippen molar-refractivity contribution in [3.8, 4) is 0 Å². The molecule has 0 radical (unpaired) electrons. The van der Waals surface area contributed by atoms with Gasteiger partial charge in [0.1, 0.15) is 7.85 Å². The van der Waals surface area contributed by atoms with Gasteiger partial charge in [-0.15, -0.1) is 0 Å². The summed E-state index contributed by atoms with van der Waals surface area (Å²) in [6.45, 7) is 4.47. The number of benzene rings is 1. The normalized spacial score (nSPS) is 17.3. The highest BCUT2D eigenvalue weighted by Gasteiger charge is 2.16. The molecule has 1 aliphatic heterocycles. The topological polar surface area (TPSA) is 19.4 Å². The van der Waals surface area contributed by atoms with Gasteiger partial charge in [-0.3, -0.25) is 4.98 Å². The Balaban J connectivity index is 2.03. The van der Waals surface area contributed by atoms with Crippen molar-refractivity contribution >= 4 is 29.9 Å². The lowest BCUT2D eigenvalue weighted by Gasteiger charge is -2.34. The second-order valence-electron chi connectivity index (χ2n) is 5.14. The second-order valence-corrected chi connectivity index (χ2v) is 5.14. The summed E-state index contributed by atoms with van der Waals surface area (Å²) in [5.41, 5.74) is 3.72. The molecule has 3 nitrogen and oxygen atoms in total. The SMILES string of the molecule is Bc1ccc2nccc(N3CCN(C)CC3)c2c1. The quantitative estimate of drug-likeness (QED) is 0.665. The van der Waals surface area contributed by atoms with Crippen LogP contribution in [0.1, 0.15) is 0 Å². The van der Waals surface area contributed by atoms with E-state index in [1.807, 2.05) is 6.20 Å². The molecular weight excluding hydrogens is 221 g/mol. The first-order valence-corrected chi connectivity index (χ1v) is 6.53. The van der Waals surface area contributed by atoms with E-state index in [0.29, 0.717) is 0 Å². The minimum atomic E-state index is 1.09. The van der Waals surface area contributed by atoms with Crippen molar-refractivity contribution in [2.45, 2.75) is 0 Å². The summed E-state index contributed by atoms with van der Waals surface area (Å²) >= 11 is 0. The van der Waals surface area contributed by atoms with Crippen LogP contribution >= 0.6 is 0 Å². The van der Waals surface area contributed by atoms with E-state index in [4.69, 9.17) is 0 Å². The van der Waals surface area contributed by atoms with Gasteiger partial charge in [0.25, 0.3) is 0 Å². The van der Waals surface area contributed by atoms with E-state index in [2.05, 4.69) is 53.9 Å². The van der Waals surface area contributed by atoms with E-state index >= 15 is 0 Å². The van der Waals surface area contributed by atoms with Crippen LogP contribution in [0.15, 0.2) is 30.5 Å². The number of hydrogen-bond acceptors (Lipinski definition) is 3. The maximum atomic E-state index is 4.46. The van der Waals surface area contributed by atoms with E-state index in [1.54, 1.807) is 0 Å². The summed E-state index contributed by atoms with van der Waals surface area (Å²) in [6, 6.07) is 8.64. The Morgan fingerprint density at radius 2 is 1.89 bits per heavy atom. The van der Waals surface area contributed by atoms with Crippen molar-refractivity contribution in [2.75, 3.05) is 38.1 Å². The van der Waals surface area contributed by atoms with Crippen molar-refractivity contribution < 1.29 is 0 Å². The molecule has 0 atom stereocenters. The monoisotopic (exact) mass is 239 g/mol. The number of piperazine rings is 1. The Hall–Kier alpha value is -1.55. The lowest BCUT2D eigenvalue weighted by Crippen LogP contribution is -2.44. The van der Waals surface area contributed by atoms with Crippen LogP contribution in [0.2, 0.25) is 0 Å². The van der Waals surface area contributed by atoms with Gasteiger partial charge in [0.05, 0.1) is 5.52 Å². The van der Waals surface area contributed by atoms with Gasteiger partial charge < -0.3 is 9.80 Å². The van der Waals surface area contributed by atoms with Crippen molar-refractivity contribution in [3.63, 3.8) is 0 Å². The van der Waals surface area contributed by atoms with Gasteiger partial charge >= 0.3 is 0 Å². The Labute approximate surface area is 109 Å². The molecule has 18 heavy (non-hydrogen) atoms. The van der Waals surface area contributed by atoms with E-state index in [9.17, 15) is 0 Å². The Bertz CT molecular complexity index is 562. The minimum absolute atomic E-state index is 1.09. The highest BCUT2D eigenvalue weighted by atomic mass is 15.2. The molecule has 1 aromatic carbocycles. The molecule has 0 aliphatic carbocycles. The van der Waals surface area contributed by atoms with E-state index in [0.717, 1.165) is 31.7 Å². The molecule has 1 fully saturated rings. The fourth-order valence-electron chi connectivity index (χ4n) is 2.57. The summed E-state index contributed by atoms with van der Waals surface area (Å²) in [4.78, 5) is 9.31. The van der Waals surface area contributed by atoms with Crippen LogP contribution in [0.4, 0.5) is 5.69 Å². The second kappa shape index (κ2) is 4.61. The van der Waals surface area contributed by atoms with Gasteiger partial charge in [-0.25, -0.2) is 0 Å². The van der Waals surface area contributed by atoms with Crippen molar-refractivity contribution in [1.29, 1.82) is 0 Å². The summed E-state index contributed by atoms with van der Waals surface area (Å²) in [6.07, 6.45) is 1.92. The van der Waals surface area contributed by atoms with Crippen molar-refractivity contribution in [2.24, 2.45) is 0 Å². The first-order valence-electron chi connectivity index (χ1n) is 6.53. The molecule has 3 rings (SSSR count). The Morgan fingerprint density at radius 1 is 1.11 bits per heavy atom. The van der Waals surface area contributed by atoms with Crippen LogP contribution in [0, 0.1) is 0 Å². The molecule has 2 aromatic rings. The standard InChI is InChI=1S/C14H18BN3/c1-17-6-8-18(9-7-17)14-4-5-16-13-3-2-11(15)10-12(13)14/h2-5,10H,6-9,15H2,1H3. The molecule has 92 valence electrons. The predicted octanol–water partition coefficient (Wildman–Crippen LogP) is 0.245. The van der Waals surface area contributed by atoms with Crippen LogP contribution < -0.4 is 10.4 Å². The predicted molar refractivity (Wildman–Crippen MR) is 79.6 cm³/mol. The van der Waals surface area contributed by atoms with Gasteiger partial charge in [0.2, 0.25) is 0 Å².